The smallest absolute Gasteiger partial charge is 0.327 e. The number of rotatable bonds is 5. The Balaban J connectivity index is 1.39. The first kappa shape index (κ1) is 25.3. The zero-order chi connectivity index (χ0) is 27.0. The van der Waals surface area contributed by atoms with E-state index >= 15 is 0 Å². The Morgan fingerprint density at radius 3 is 1.64 bits per heavy atom. The van der Waals surface area contributed by atoms with Crippen molar-refractivity contribution in [1.29, 1.82) is 0 Å². The lowest BCUT2D eigenvalue weighted by Gasteiger charge is -2.34. The Kier molecular flexibility index (Phi) is 6.44. The first-order chi connectivity index (χ1) is 18.8. The SMILES string of the molecule is CC1(C)CB(c2cccc(-c3cccc(-c4nc(-c5ccccc5)cc(-c5ccccc5)n4)c3)c2)OC1(C)C. The number of hydrogen-bond donors (Lipinski definition) is 0. The van der Waals surface area contributed by atoms with Gasteiger partial charge in [0.2, 0.25) is 0 Å². The molecule has 0 aliphatic carbocycles. The molecule has 1 fully saturated rings. The second kappa shape index (κ2) is 9.94. The summed E-state index contributed by atoms with van der Waals surface area (Å²) in [7, 11) is 0. The molecular formula is C35H33BN2O. The molecule has 1 aliphatic heterocycles. The van der Waals surface area contributed by atoms with Crippen molar-refractivity contribution in [3.05, 3.63) is 115 Å². The summed E-state index contributed by atoms with van der Waals surface area (Å²) < 4.78 is 6.52. The second-order valence-corrected chi connectivity index (χ2v) is 11.6. The van der Waals surface area contributed by atoms with Crippen molar-refractivity contribution >= 4 is 12.4 Å². The fourth-order valence-corrected chi connectivity index (χ4v) is 5.30. The van der Waals surface area contributed by atoms with Crippen molar-refractivity contribution < 1.29 is 4.65 Å². The van der Waals surface area contributed by atoms with E-state index in [1.807, 2.05) is 36.4 Å². The van der Waals surface area contributed by atoms with Crippen LogP contribution in [0.25, 0.3) is 45.0 Å². The minimum absolute atomic E-state index is 0.0949. The number of hydrogen-bond acceptors (Lipinski definition) is 3. The first-order valence-corrected chi connectivity index (χ1v) is 13.7. The van der Waals surface area contributed by atoms with E-state index in [-0.39, 0.29) is 17.9 Å². The lowest BCUT2D eigenvalue weighted by molar-refractivity contribution is 0.0375. The number of aromatic nitrogens is 2. The third kappa shape index (κ3) is 5.05. The predicted octanol–water partition coefficient (Wildman–Crippen LogP) is 8.18. The highest BCUT2D eigenvalue weighted by molar-refractivity contribution is 6.68. The summed E-state index contributed by atoms with van der Waals surface area (Å²) in [6, 6.07) is 40.0. The maximum Gasteiger partial charge on any atom is 0.327 e. The van der Waals surface area contributed by atoms with Gasteiger partial charge in [-0.3, -0.25) is 0 Å². The fraction of sp³-hybridized carbons (Fsp3) is 0.200. The van der Waals surface area contributed by atoms with E-state index in [1.54, 1.807) is 0 Å². The van der Waals surface area contributed by atoms with Crippen molar-refractivity contribution in [3.63, 3.8) is 0 Å². The highest BCUT2D eigenvalue weighted by Gasteiger charge is 2.49. The van der Waals surface area contributed by atoms with Crippen LogP contribution in [0.15, 0.2) is 115 Å². The predicted molar refractivity (Wildman–Crippen MR) is 163 cm³/mol. The molecule has 0 unspecified atom stereocenters. The van der Waals surface area contributed by atoms with E-state index in [0.717, 1.165) is 45.8 Å². The summed E-state index contributed by atoms with van der Waals surface area (Å²) in [6.45, 7) is 9.10. The molecule has 4 heteroatoms. The summed E-state index contributed by atoms with van der Waals surface area (Å²) in [5, 5.41) is 0. The van der Waals surface area contributed by atoms with Crippen LogP contribution in [0.1, 0.15) is 27.7 Å². The molecule has 0 amide bonds. The average molecular weight is 508 g/mol. The van der Waals surface area contributed by atoms with Crippen LogP contribution in [0.2, 0.25) is 6.32 Å². The molecule has 2 heterocycles. The Morgan fingerprint density at radius 2 is 1.08 bits per heavy atom. The Bertz CT molecular complexity index is 1540. The molecule has 0 bridgehead atoms. The van der Waals surface area contributed by atoms with Crippen LogP contribution in [-0.4, -0.2) is 22.5 Å². The van der Waals surface area contributed by atoms with Gasteiger partial charge in [0.25, 0.3) is 0 Å². The van der Waals surface area contributed by atoms with Gasteiger partial charge in [-0.2, -0.15) is 0 Å². The molecule has 192 valence electrons. The van der Waals surface area contributed by atoms with Crippen molar-refractivity contribution in [2.45, 2.75) is 39.6 Å². The molecule has 0 radical (unpaired) electrons. The fourth-order valence-electron chi connectivity index (χ4n) is 5.30. The lowest BCUT2D eigenvalue weighted by Crippen LogP contribution is -2.36. The van der Waals surface area contributed by atoms with Gasteiger partial charge in [0, 0.05) is 16.7 Å². The van der Waals surface area contributed by atoms with Crippen LogP contribution < -0.4 is 5.46 Å². The number of benzene rings is 4. The summed E-state index contributed by atoms with van der Waals surface area (Å²) in [5.74, 6) is 0.718. The highest BCUT2D eigenvalue weighted by Crippen LogP contribution is 2.45. The molecule has 0 atom stereocenters. The average Bonchev–Trinajstić information content (AvgIpc) is 3.20. The van der Waals surface area contributed by atoms with Gasteiger partial charge in [0.1, 0.15) is 0 Å². The van der Waals surface area contributed by atoms with Crippen LogP contribution in [0.3, 0.4) is 0 Å². The second-order valence-electron chi connectivity index (χ2n) is 11.6. The first-order valence-electron chi connectivity index (χ1n) is 13.7. The molecule has 1 aliphatic rings. The topological polar surface area (TPSA) is 35.0 Å². The van der Waals surface area contributed by atoms with Crippen molar-refractivity contribution in [1.82, 2.24) is 9.97 Å². The molecule has 4 aromatic carbocycles. The molecule has 3 nitrogen and oxygen atoms in total. The van der Waals surface area contributed by atoms with E-state index in [0.29, 0.717) is 0 Å². The van der Waals surface area contributed by atoms with E-state index in [9.17, 15) is 0 Å². The van der Waals surface area contributed by atoms with Crippen LogP contribution in [0, 0.1) is 5.41 Å². The maximum atomic E-state index is 6.52. The van der Waals surface area contributed by atoms with E-state index in [2.05, 4.69) is 107 Å². The summed E-state index contributed by atoms with van der Waals surface area (Å²) >= 11 is 0. The minimum atomic E-state index is -0.162. The molecule has 1 saturated heterocycles. The molecule has 1 aromatic heterocycles. The van der Waals surface area contributed by atoms with Gasteiger partial charge in [-0.25, -0.2) is 9.97 Å². The molecule has 0 N–H and O–H groups in total. The monoisotopic (exact) mass is 508 g/mol. The largest absolute Gasteiger partial charge is 0.426 e. The third-order valence-electron chi connectivity index (χ3n) is 8.34. The lowest BCUT2D eigenvalue weighted by atomic mass is 9.54. The van der Waals surface area contributed by atoms with Gasteiger partial charge in [-0.05, 0) is 54.3 Å². The van der Waals surface area contributed by atoms with Crippen molar-refractivity contribution in [3.8, 4) is 45.0 Å². The normalized spacial score (nSPS) is 15.8. The van der Waals surface area contributed by atoms with E-state index in [4.69, 9.17) is 14.6 Å². The van der Waals surface area contributed by atoms with Crippen LogP contribution in [0.4, 0.5) is 0 Å². The van der Waals surface area contributed by atoms with E-state index < -0.39 is 0 Å². The van der Waals surface area contributed by atoms with Crippen molar-refractivity contribution in [2.75, 3.05) is 0 Å². The van der Waals surface area contributed by atoms with Gasteiger partial charge in [-0.1, -0.05) is 117 Å². The molecule has 5 aromatic rings. The van der Waals surface area contributed by atoms with Gasteiger partial charge in [0.05, 0.1) is 17.0 Å². The summed E-state index contributed by atoms with van der Waals surface area (Å²) in [5.41, 5.74) is 8.46. The quantitative estimate of drug-likeness (QED) is 0.225. The zero-order valence-corrected chi connectivity index (χ0v) is 23.1. The molecule has 0 saturated carbocycles. The summed E-state index contributed by atoms with van der Waals surface area (Å²) in [6.07, 6.45) is 1.01. The summed E-state index contributed by atoms with van der Waals surface area (Å²) in [4.78, 5) is 10.0. The minimum Gasteiger partial charge on any atom is -0.426 e. The van der Waals surface area contributed by atoms with Crippen LogP contribution >= 0.6 is 0 Å². The molecular weight excluding hydrogens is 475 g/mol. The molecule has 39 heavy (non-hydrogen) atoms. The molecule has 6 rings (SSSR count). The highest BCUT2D eigenvalue weighted by atomic mass is 16.5. The Hall–Kier alpha value is -4.02. The third-order valence-corrected chi connectivity index (χ3v) is 8.34. The van der Waals surface area contributed by atoms with Crippen LogP contribution in [0.5, 0.6) is 0 Å². The van der Waals surface area contributed by atoms with Crippen molar-refractivity contribution in [2.24, 2.45) is 5.41 Å². The Morgan fingerprint density at radius 1 is 0.564 bits per heavy atom. The number of nitrogens with zero attached hydrogens (tertiary/aromatic N) is 2. The van der Waals surface area contributed by atoms with Crippen LogP contribution in [-0.2, 0) is 4.65 Å². The maximum absolute atomic E-state index is 6.52. The zero-order valence-electron chi connectivity index (χ0n) is 23.1. The van der Waals surface area contributed by atoms with Gasteiger partial charge < -0.3 is 4.65 Å². The van der Waals surface area contributed by atoms with Gasteiger partial charge in [-0.15, -0.1) is 0 Å². The standard InChI is InChI=1S/C35H33BN2O/c1-34(2)24-36(39-35(34,3)4)30-20-12-18-28(22-30)27-17-11-19-29(21-27)33-37-31(25-13-7-5-8-14-25)23-32(38-33)26-15-9-6-10-16-26/h5-23H,24H2,1-4H3. The van der Waals surface area contributed by atoms with E-state index in [1.165, 1.54) is 11.0 Å². The molecule has 0 spiro atoms. The Labute approximate surface area is 232 Å². The van der Waals surface area contributed by atoms with Gasteiger partial charge >= 0.3 is 6.92 Å². The van der Waals surface area contributed by atoms with Gasteiger partial charge in [0.15, 0.2) is 5.82 Å².